The van der Waals surface area contributed by atoms with Gasteiger partial charge >= 0.3 is 0 Å². The Kier molecular flexibility index (Phi) is 5.98. The van der Waals surface area contributed by atoms with Gasteiger partial charge in [-0.1, -0.05) is 0 Å². The van der Waals surface area contributed by atoms with Crippen molar-refractivity contribution in [3.8, 4) is 0 Å². The number of hydrogen-bond acceptors (Lipinski definition) is 8. The fraction of sp³-hybridized carbons (Fsp3) is 0.917. The van der Waals surface area contributed by atoms with E-state index in [4.69, 9.17) is 18.4 Å². The number of fused-ring (bicyclic) bond motifs is 1. The molecule has 0 aromatic rings. The van der Waals surface area contributed by atoms with E-state index in [9.17, 15) is 15.0 Å². The van der Waals surface area contributed by atoms with Crippen LogP contribution < -0.4 is 5.32 Å². The lowest BCUT2D eigenvalue weighted by atomic mass is 9.86. The molecule has 2 aliphatic rings. The smallest absolute Gasteiger partial charge is 0.217 e. The molecule has 0 bridgehead atoms. The maximum atomic E-state index is 11.4. The third-order valence-electron chi connectivity index (χ3n) is 3.65. The first kappa shape index (κ1) is 18.6. The zero-order valence-corrected chi connectivity index (χ0v) is 15.4. The fourth-order valence-electron chi connectivity index (χ4n) is 2.80. The topological polar surface area (TPSA) is 106 Å². The average Bonchev–Trinajstić information content (AvgIpc) is 2.76. The summed E-state index contributed by atoms with van der Waals surface area (Å²) in [4.78, 5) is 11.4. The molecule has 0 spiro atoms. The minimum atomic E-state index is -1.35. The van der Waals surface area contributed by atoms with Gasteiger partial charge in [-0.25, -0.2) is 0 Å². The summed E-state index contributed by atoms with van der Waals surface area (Å²) in [6.07, 6.45) is -2.72. The summed E-state index contributed by atoms with van der Waals surface area (Å²) in [5.41, 5.74) is -1.27. The molecule has 0 radical (unpaired) electrons. The maximum absolute atomic E-state index is 11.4. The summed E-state index contributed by atoms with van der Waals surface area (Å²) in [5.74, 6) is -1.26. The van der Waals surface area contributed by atoms with Crippen LogP contribution in [0.3, 0.4) is 0 Å². The van der Waals surface area contributed by atoms with Gasteiger partial charge in [-0.3, -0.25) is 4.79 Å². The third kappa shape index (κ3) is 3.69. The number of aliphatic hydroxyl groups excluding tert-OH is 2. The molecule has 10 heteroatoms. The van der Waals surface area contributed by atoms with Crippen molar-refractivity contribution in [2.45, 2.75) is 56.7 Å². The molecule has 3 N–H and O–H groups in total. The Labute approximate surface area is 145 Å². The molecule has 0 aromatic heterocycles. The SMILES string of the molecule is CC(=O)N[C@@H]1C(O)O[C@@](CO)(COSI)[C@@H]2OC(C)(C)O[C@H]12. The van der Waals surface area contributed by atoms with Crippen molar-refractivity contribution in [2.24, 2.45) is 0 Å². The second-order valence-electron chi connectivity index (χ2n) is 5.80. The fourth-order valence-corrected chi connectivity index (χ4v) is 3.43. The van der Waals surface area contributed by atoms with Crippen molar-refractivity contribution in [3.63, 3.8) is 0 Å². The van der Waals surface area contributed by atoms with E-state index in [2.05, 4.69) is 5.32 Å². The van der Waals surface area contributed by atoms with Crippen LogP contribution in [0.2, 0.25) is 0 Å². The van der Waals surface area contributed by atoms with Gasteiger partial charge in [-0.15, -0.1) is 0 Å². The predicted molar refractivity (Wildman–Crippen MR) is 85.9 cm³/mol. The summed E-state index contributed by atoms with van der Waals surface area (Å²) in [6.45, 7) is 4.36. The predicted octanol–water partition coefficient (Wildman–Crippen LogP) is 0.106. The van der Waals surface area contributed by atoms with Crippen LogP contribution in [0.25, 0.3) is 0 Å². The van der Waals surface area contributed by atoms with E-state index in [0.717, 1.165) is 9.21 Å². The Morgan fingerprint density at radius 3 is 2.64 bits per heavy atom. The molecule has 2 aliphatic heterocycles. The Morgan fingerprint density at radius 2 is 2.09 bits per heavy atom. The van der Waals surface area contributed by atoms with Crippen molar-refractivity contribution in [2.75, 3.05) is 13.2 Å². The molecule has 2 rings (SSSR count). The lowest BCUT2D eigenvalue weighted by Crippen LogP contribution is -2.69. The van der Waals surface area contributed by atoms with Crippen LogP contribution in [0.4, 0.5) is 0 Å². The summed E-state index contributed by atoms with van der Waals surface area (Å²) in [5, 5.41) is 22.7. The molecule has 128 valence electrons. The average molecular weight is 449 g/mol. The summed E-state index contributed by atoms with van der Waals surface area (Å²) in [6, 6.07) is -0.795. The highest BCUT2D eigenvalue weighted by Gasteiger charge is 2.62. The van der Waals surface area contributed by atoms with Gasteiger partial charge in [-0.05, 0) is 13.8 Å². The first-order chi connectivity index (χ1) is 10.2. The van der Waals surface area contributed by atoms with E-state index >= 15 is 0 Å². The number of aliphatic hydroxyl groups is 2. The van der Waals surface area contributed by atoms with Crippen LogP contribution in [0.15, 0.2) is 0 Å². The highest BCUT2D eigenvalue weighted by atomic mass is 127. The molecule has 2 fully saturated rings. The lowest BCUT2D eigenvalue weighted by molar-refractivity contribution is -0.288. The molecular weight excluding hydrogens is 429 g/mol. The largest absolute Gasteiger partial charge is 0.393 e. The molecule has 0 aliphatic carbocycles. The van der Waals surface area contributed by atoms with E-state index < -0.39 is 42.5 Å². The number of amides is 1. The monoisotopic (exact) mass is 449 g/mol. The summed E-state index contributed by atoms with van der Waals surface area (Å²) >= 11 is 1.94. The minimum absolute atomic E-state index is 0.00155. The summed E-state index contributed by atoms with van der Waals surface area (Å²) < 4.78 is 22.6. The van der Waals surface area contributed by atoms with Crippen LogP contribution >= 0.6 is 30.4 Å². The molecule has 2 heterocycles. The van der Waals surface area contributed by atoms with Gasteiger partial charge in [0.1, 0.15) is 23.9 Å². The van der Waals surface area contributed by atoms with Crippen molar-refractivity contribution >= 4 is 36.3 Å². The number of halogens is 1. The number of carbonyl (C=O) groups excluding carboxylic acids is 1. The van der Waals surface area contributed by atoms with E-state index in [-0.39, 0.29) is 12.5 Å². The highest BCUT2D eigenvalue weighted by Crippen LogP contribution is 2.42. The quantitative estimate of drug-likeness (QED) is 0.401. The first-order valence-corrected chi connectivity index (χ1v) is 10.0. The lowest BCUT2D eigenvalue weighted by Gasteiger charge is -2.47. The normalized spacial score (nSPS) is 40.3. The van der Waals surface area contributed by atoms with Crippen LogP contribution in [0.1, 0.15) is 20.8 Å². The molecular formula is C12H20INO7S. The Hall–Kier alpha value is 0.310. The van der Waals surface area contributed by atoms with Crippen LogP contribution in [-0.2, 0) is 23.2 Å². The minimum Gasteiger partial charge on any atom is -0.393 e. The van der Waals surface area contributed by atoms with Crippen molar-refractivity contribution in [1.82, 2.24) is 5.32 Å². The molecule has 2 saturated heterocycles. The molecule has 22 heavy (non-hydrogen) atoms. The Morgan fingerprint density at radius 1 is 1.41 bits per heavy atom. The van der Waals surface area contributed by atoms with Gasteiger partial charge in [0.25, 0.3) is 0 Å². The molecule has 5 atom stereocenters. The molecule has 8 nitrogen and oxygen atoms in total. The Bertz CT molecular complexity index is 426. The van der Waals surface area contributed by atoms with E-state index in [1.54, 1.807) is 13.8 Å². The van der Waals surface area contributed by atoms with Crippen LogP contribution in [-0.4, -0.2) is 65.3 Å². The van der Waals surface area contributed by atoms with Crippen molar-refractivity contribution in [3.05, 3.63) is 0 Å². The van der Waals surface area contributed by atoms with Gasteiger partial charge in [0.15, 0.2) is 12.1 Å². The number of rotatable bonds is 5. The number of nitrogens with one attached hydrogen (secondary N) is 1. The van der Waals surface area contributed by atoms with Gasteiger partial charge in [0.2, 0.25) is 5.91 Å². The van der Waals surface area contributed by atoms with Gasteiger partial charge in [0.05, 0.1) is 22.4 Å². The second kappa shape index (κ2) is 7.05. The maximum Gasteiger partial charge on any atom is 0.217 e. The second-order valence-corrected chi connectivity index (χ2v) is 7.24. The molecule has 0 aromatic carbocycles. The van der Waals surface area contributed by atoms with E-state index in [0.29, 0.717) is 0 Å². The molecule has 1 amide bonds. The van der Waals surface area contributed by atoms with Crippen LogP contribution in [0, 0.1) is 0 Å². The summed E-state index contributed by atoms with van der Waals surface area (Å²) in [7, 11) is 1.09. The zero-order chi connectivity index (χ0) is 16.5. The van der Waals surface area contributed by atoms with Gasteiger partial charge in [0, 0.05) is 28.1 Å². The van der Waals surface area contributed by atoms with E-state index in [1.807, 2.05) is 21.2 Å². The van der Waals surface area contributed by atoms with Crippen molar-refractivity contribution < 1.29 is 33.4 Å². The van der Waals surface area contributed by atoms with Gasteiger partial charge < -0.3 is 33.9 Å². The highest BCUT2D eigenvalue weighted by molar-refractivity contribution is 14.2. The van der Waals surface area contributed by atoms with E-state index in [1.165, 1.54) is 6.92 Å². The number of hydrogen-bond donors (Lipinski definition) is 3. The Balaban J connectivity index is 2.31. The van der Waals surface area contributed by atoms with Crippen LogP contribution in [0.5, 0.6) is 0 Å². The third-order valence-corrected chi connectivity index (χ3v) is 4.62. The number of ether oxygens (including phenoxy) is 3. The standard InChI is InChI=1S/C12H20INO7S/c1-6(16)14-7-8-9(20-11(2,3)19-8)12(4-15,5-18-22-13)21-10(7)17/h7-10,15,17H,4-5H2,1-3H3,(H,14,16)/t7-,8+,9+,10?,12-/m0/s1. The number of carbonyl (C=O) groups is 1. The molecule has 1 unspecified atom stereocenters. The van der Waals surface area contributed by atoms with Gasteiger partial charge in [-0.2, -0.15) is 0 Å². The zero-order valence-electron chi connectivity index (χ0n) is 12.4. The first-order valence-electron chi connectivity index (χ1n) is 6.74. The molecule has 0 saturated carbocycles. The van der Waals surface area contributed by atoms with Crippen molar-refractivity contribution in [1.29, 1.82) is 0 Å².